The lowest BCUT2D eigenvalue weighted by molar-refractivity contribution is 0.198. The molecule has 0 atom stereocenters. The van der Waals surface area contributed by atoms with Crippen molar-refractivity contribution in [2.75, 3.05) is 25.6 Å². The Morgan fingerprint density at radius 3 is 1.47 bits per heavy atom. The van der Waals surface area contributed by atoms with Crippen LogP contribution in [0.25, 0.3) is 0 Å². The van der Waals surface area contributed by atoms with Gasteiger partial charge in [0.1, 0.15) is 7.26 Å². The zero-order valence-corrected chi connectivity index (χ0v) is 13.0. The maximum Gasteiger partial charge on any atom is 0.450 e. The molecule has 0 aliphatic heterocycles. The predicted octanol–water partition coefficient (Wildman–Crippen LogP) is 5.17. The van der Waals surface area contributed by atoms with Gasteiger partial charge in [0, 0.05) is 0 Å². The van der Waals surface area contributed by atoms with E-state index in [-0.39, 0.29) is 5.71 Å². The second kappa shape index (κ2) is 9.88. The lowest BCUT2D eigenvalue weighted by Gasteiger charge is -2.23. The molecule has 3 heteroatoms. The third-order valence-corrected chi connectivity index (χ3v) is 7.86. The second-order valence-corrected chi connectivity index (χ2v) is 8.84. The van der Waals surface area contributed by atoms with Crippen molar-refractivity contribution in [2.24, 2.45) is 0 Å². The van der Waals surface area contributed by atoms with Gasteiger partial charge in [-0.2, -0.15) is 0 Å². The Bertz CT molecular complexity index is 183. The van der Waals surface area contributed by atoms with Gasteiger partial charge in [0.25, 0.3) is 0 Å². The molecule has 0 unspecified atom stereocenters. The topological polar surface area (TPSA) is 26.3 Å². The van der Waals surface area contributed by atoms with Crippen molar-refractivity contribution in [3.05, 3.63) is 0 Å². The average Bonchev–Trinajstić information content (AvgIpc) is 2.37. The summed E-state index contributed by atoms with van der Waals surface area (Å²) in [5.41, 5.74) is 0.132. The Morgan fingerprint density at radius 2 is 1.24 bits per heavy atom. The first-order valence-electron chi connectivity index (χ1n) is 7.11. The summed E-state index contributed by atoms with van der Waals surface area (Å²) < 4.78 is 5.12. The zero-order chi connectivity index (χ0) is 13.1. The van der Waals surface area contributed by atoms with Crippen LogP contribution in [0.15, 0.2) is 0 Å². The molecule has 0 aliphatic rings. The first kappa shape index (κ1) is 16.9. The van der Waals surface area contributed by atoms with E-state index in [4.69, 9.17) is 4.74 Å². The van der Waals surface area contributed by atoms with Gasteiger partial charge in [0.05, 0.1) is 25.6 Å². The molecule has 17 heavy (non-hydrogen) atoms. The van der Waals surface area contributed by atoms with E-state index in [0.29, 0.717) is 0 Å². The molecule has 2 nitrogen and oxygen atoms in total. The highest BCUT2D eigenvalue weighted by Gasteiger charge is 2.45. The summed E-state index contributed by atoms with van der Waals surface area (Å²) in [6, 6.07) is 0. The van der Waals surface area contributed by atoms with Crippen LogP contribution >= 0.6 is 7.26 Å². The van der Waals surface area contributed by atoms with Crippen LogP contribution in [-0.4, -0.2) is 31.3 Å². The Kier molecular flexibility index (Phi) is 9.82. The molecule has 0 fully saturated rings. The molecule has 0 N–H and O–H groups in total. The van der Waals surface area contributed by atoms with Crippen molar-refractivity contribution < 1.29 is 9.53 Å². The van der Waals surface area contributed by atoms with Crippen molar-refractivity contribution in [2.45, 2.75) is 59.3 Å². The number of hydrogen-bond acceptors (Lipinski definition) is 2. The number of rotatable bonds is 10. The fourth-order valence-corrected chi connectivity index (χ4v) is 6.56. The molecule has 0 amide bonds. The van der Waals surface area contributed by atoms with Crippen molar-refractivity contribution in [3.8, 4) is 0 Å². The molecule has 102 valence electrons. The molecular formula is C14H30O2P+. The molecule has 0 aromatic carbocycles. The SMILES string of the molecule is CCCC[P+](CCCC)(CCCC)C(=O)OC. The summed E-state index contributed by atoms with van der Waals surface area (Å²) in [4.78, 5) is 12.2. The minimum absolute atomic E-state index is 0.132. The Hall–Kier alpha value is -0.100. The molecule has 0 radical (unpaired) electrons. The molecule has 0 bridgehead atoms. The van der Waals surface area contributed by atoms with Gasteiger partial charge in [-0.3, -0.25) is 0 Å². The minimum atomic E-state index is -1.50. The molecule has 0 heterocycles. The predicted molar refractivity (Wildman–Crippen MR) is 78.7 cm³/mol. The fraction of sp³-hybridized carbons (Fsp3) is 0.929. The fourth-order valence-electron chi connectivity index (χ4n) is 2.19. The summed E-state index contributed by atoms with van der Waals surface area (Å²) in [5.74, 6) is 0. The number of hydrogen-bond donors (Lipinski definition) is 0. The summed E-state index contributed by atoms with van der Waals surface area (Å²) >= 11 is 0. The van der Waals surface area contributed by atoms with Gasteiger partial charge in [0.15, 0.2) is 0 Å². The summed E-state index contributed by atoms with van der Waals surface area (Å²) in [7, 11) is 0.0586. The Labute approximate surface area is 108 Å². The highest BCUT2D eigenvalue weighted by molar-refractivity contribution is 7.90. The Morgan fingerprint density at radius 1 is 0.882 bits per heavy atom. The number of carbonyl (C=O) groups is 1. The second-order valence-electron chi connectivity index (χ2n) is 4.85. The van der Waals surface area contributed by atoms with Gasteiger partial charge >= 0.3 is 5.71 Å². The number of ether oxygens (including phenoxy) is 1. The molecule has 0 saturated carbocycles. The maximum atomic E-state index is 12.2. The van der Waals surface area contributed by atoms with Crippen LogP contribution in [0.4, 0.5) is 4.79 Å². The van der Waals surface area contributed by atoms with Crippen LogP contribution in [0, 0.1) is 0 Å². The molecule has 0 aromatic heterocycles. The van der Waals surface area contributed by atoms with Crippen LogP contribution in [0.1, 0.15) is 59.3 Å². The van der Waals surface area contributed by atoms with Gasteiger partial charge < -0.3 is 4.74 Å². The van der Waals surface area contributed by atoms with E-state index in [1.165, 1.54) is 38.5 Å². The standard InChI is InChI=1S/C14H30O2P/c1-5-8-11-17(12-9-6-2,13-10-7-3)14(15)16-4/h5-13H2,1-4H3/q+1. The highest BCUT2D eigenvalue weighted by atomic mass is 31.2. The quantitative estimate of drug-likeness (QED) is 0.507. The molecular weight excluding hydrogens is 231 g/mol. The van der Waals surface area contributed by atoms with Crippen molar-refractivity contribution >= 4 is 13.0 Å². The lowest BCUT2D eigenvalue weighted by atomic mass is 10.4. The third kappa shape index (κ3) is 5.86. The largest absolute Gasteiger partial charge is 0.450 e. The van der Waals surface area contributed by atoms with Gasteiger partial charge in [0.2, 0.25) is 0 Å². The molecule has 0 aliphatic carbocycles. The lowest BCUT2D eigenvalue weighted by Crippen LogP contribution is -2.18. The smallest absolute Gasteiger partial charge is 0.440 e. The van der Waals surface area contributed by atoms with Crippen molar-refractivity contribution in [1.82, 2.24) is 0 Å². The summed E-state index contributed by atoms with van der Waals surface area (Å²) in [6.07, 6.45) is 10.4. The van der Waals surface area contributed by atoms with Gasteiger partial charge in [-0.25, -0.2) is 4.79 Å². The number of unbranched alkanes of at least 4 members (excludes halogenated alkanes) is 3. The maximum absolute atomic E-state index is 12.2. The van der Waals surface area contributed by atoms with Crippen LogP contribution in [0.3, 0.4) is 0 Å². The van der Waals surface area contributed by atoms with Gasteiger partial charge in [-0.1, -0.05) is 40.0 Å². The third-order valence-electron chi connectivity index (χ3n) is 3.38. The first-order valence-corrected chi connectivity index (χ1v) is 9.45. The van der Waals surface area contributed by atoms with E-state index >= 15 is 0 Å². The van der Waals surface area contributed by atoms with Crippen LogP contribution < -0.4 is 0 Å². The monoisotopic (exact) mass is 261 g/mol. The average molecular weight is 261 g/mol. The summed E-state index contributed by atoms with van der Waals surface area (Å²) in [5, 5.41) is 0. The normalized spacial score (nSPS) is 11.5. The van der Waals surface area contributed by atoms with Crippen molar-refractivity contribution in [1.29, 1.82) is 0 Å². The Balaban J connectivity index is 4.70. The van der Waals surface area contributed by atoms with E-state index < -0.39 is 7.26 Å². The van der Waals surface area contributed by atoms with E-state index in [2.05, 4.69) is 20.8 Å². The number of carbonyl (C=O) groups excluding carboxylic acids is 1. The zero-order valence-electron chi connectivity index (χ0n) is 12.1. The van der Waals surface area contributed by atoms with Gasteiger partial charge in [-0.15, -0.1) is 0 Å². The van der Waals surface area contributed by atoms with E-state index in [9.17, 15) is 4.79 Å². The van der Waals surface area contributed by atoms with E-state index in [0.717, 1.165) is 18.5 Å². The van der Waals surface area contributed by atoms with E-state index in [1.54, 1.807) is 7.11 Å². The molecule has 0 rings (SSSR count). The van der Waals surface area contributed by atoms with Crippen molar-refractivity contribution in [3.63, 3.8) is 0 Å². The van der Waals surface area contributed by atoms with Crippen LogP contribution in [-0.2, 0) is 4.74 Å². The molecule has 0 aromatic rings. The highest BCUT2D eigenvalue weighted by Crippen LogP contribution is 2.62. The van der Waals surface area contributed by atoms with Crippen LogP contribution in [0.2, 0.25) is 0 Å². The van der Waals surface area contributed by atoms with E-state index in [1.807, 2.05) is 0 Å². The molecule has 0 spiro atoms. The summed E-state index contributed by atoms with van der Waals surface area (Å²) in [6.45, 7) is 6.60. The first-order chi connectivity index (χ1) is 8.16. The minimum Gasteiger partial charge on any atom is -0.440 e. The van der Waals surface area contributed by atoms with Gasteiger partial charge in [-0.05, 0) is 19.3 Å². The van der Waals surface area contributed by atoms with Crippen LogP contribution in [0.5, 0.6) is 0 Å². The number of methoxy groups -OCH3 is 1. The molecule has 0 saturated heterocycles.